The number of carbonyl (C=O) groups is 1. The van der Waals surface area contributed by atoms with Crippen LogP contribution in [0.25, 0.3) is 22.2 Å². The first-order valence-corrected chi connectivity index (χ1v) is 10.6. The van der Waals surface area contributed by atoms with Crippen molar-refractivity contribution in [1.82, 2.24) is 34.4 Å². The molecule has 13 heteroatoms. The number of aliphatic hydroxyl groups excluding tert-OH is 1. The van der Waals surface area contributed by atoms with Crippen LogP contribution >= 0.6 is 0 Å². The zero-order chi connectivity index (χ0) is 24.2. The number of hydrogen-bond donors (Lipinski definition) is 3. The van der Waals surface area contributed by atoms with Gasteiger partial charge < -0.3 is 25.3 Å². The van der Waals surface area contributed by atoms with E-state index in [1.165, 1.54) is 29.4 Å². The number of alkyl halides is 3. The smallest absolute Gasteiger partial charge is 0.389 e. The van der Waals surface area contributed by atoms with Gasteiger partial charge in [0.25, 0.3) is 5.91 Å². The van der Waals surface area contributed by atoms with E-state index >= 15 is 0 Å². The molecule has 4 N–H and O–H groups in total. The third-order valence-corrected chi connectivity index (χ3v) is 6.35. The fraction of sp³-hybridized carbons (Fsp3) is 0.381. The van der Waals surface area contributed by atoms with Crippen molar-refractivity contribution >= 4 is 33.9 Å². The molecule has 4 aromatic rings. The minimum Gasteiger partial charge on any atom is -0.389 e. The Labute approximate surface area is 190 Å². The van der Waals surface area contributed by atoms with E-state index in [0.717, 1.165) is 6.42 Å². The Bertz CT molecular complexity index is 1380. The van der Waals surface area contributed by atoms with Crippen molar-refractivity contribution in [2.45, 2.75) is 43.6 Å². The number of nitrogens with zero attached hydrogens (tertiary/aromatic N) is 6. The predicted octanol–water partition coefficient (Wildman–Crippen LogP) is 2.53. The van der Waals surface area contributed by atoms with Gasteiger partial charge in [-0.15, -0.1) is 0 Å². The van der Waals surface area contributed by atoms with E-state index in [1.54, 1.807) is 17.9 Å². The number of carbonyl (C=O) groups excluding carboxylic acids is 1. The number of benzene rings is 1. The highest BCUT2D eigenvalue weighted by Crippen LogP contribution is 2.34. The molecule has 10 nitrogen and oxygen atoms in total. The number of likely N-dealkylation sites (N-methyl/N-ethyl adjacent to an activating group) is 1. The van der Waals surface area contributed by atoms with E-state index in [2.05, 4.69) is 24.9 Å². The molecule has 178 valence electrons. The lowest BCUT2D eigenvalue weighted by atomic mass is 9.86. The van der Waals surface area contributed by atoms with Gasteiger partial charge >= 0.3 is 6.18 Å². The standard InChI is InChI=1S/C21H21F3N8O2/c1-31(19(34)10-5-6-11-12(7-10)30-20(29-11)21(22,23)24)13-3-2-4-14(16(13)33)32-9-28-15-17(25)26-8-27-18(15)32/h5-9,13-14,16,33H,2-4H2,1H3,(H,29,30)(H2,25,26,27)/t13-,14-,16-/m0/s1. The Hall–Kier alpha value is -3.74. The van der Waals surface area contributed by atoms with Crippen LogP contribution in [-0.4, -0.2) is 64.6 Å². The number of H-pyrrole nitrogens is 1. The van der Waals surface area contributed by atoms with Crippen molar-refractivity contribution in [3.05, 3.63) is 42.2 Å². The molecular formula is C21H21F3N8O2. The van der Waals surface area contributed by atoms with Crippen LogP contribution in [0.4, 0.5) is 19.0 Å². The molecule has 1 saturated carbocycles. The molecule has 1 aromatic carbocycles. The maximum Gasteiger partial charge on any atom is 0.449 e. The molecule has 0 unspecified atom stereocenters. The summed E-state index contributed by atoms with van der Waals surface area (Å²) in [5, 5.41) is 11.2. The second-order valence-electron chi connectivity index (χ2n) is 8.37. The van der Waals surface area contributed by atoms with Gasteiger partial charge in [-0.05, 0) is 37.5 Å². The lowest BCUT2D eigenvalue weighted by Crippen LogP contribution is -2.50. The molecule has 0 aliphatic heterocycles. The number of aromatic amines is 1. The number of rotatable bonds is 3. The van der Waals surface area contributed by atoms with E-state index in [0.29, 0.717) is 24.0 Å². The minimum atomic E-state index is -4.62. The van der Waals surface area contributed by atoms with Crippen molar-refractivity contribution < 1.29 is 23.1 Å². The number of hydrogen-bond acceptors (Lipinski definition) is 7. The van der Waals surface area contributed by atoms with Gasteiger partial charge in [-0.2, -0.15) is 13.2 Å². The predicted molar refractivity (Wildman–Crippen MR) is 116 cm³/mol. The lowest BCUT2D eigenvalue weighted by Gasteiger charge is -2.40. The second kappa shape index (κ2) is 7.94. The fourth-order valence-corrected chi connectivity index (χ4v) is 4.60. The van der Waals surface area contributed by atoms with Crippen LogP contribution in [-0.2, 0) is 6.18 Å². The van der Waals surface area contributed by atoms with Gasteiger partial charge in [0.05, 0.1) is 35.5 Å². The zero-order valence-electron chi connectivity index (χ0n) is 18.0. The maximum atomic E-state index is 13.2. The molecule has 34 heavy (non-hydrogen) atoms. The van der Waals surface area contributed by atoms with Gasteiger partial charge in [-0.25, -0.2) is 19.9 Å². The first kappa shape index (κ1) is 22.1. The number of anilines is 1. The normalized spacial score (nSPS) is 21.3. The third kappa shape index (κ3) is 3.61. The van der Waals surface area contributed by atoms with Crippen LogP contribution in [0.1, 0.15) is 41.5 Å². The molecule has 0 bridgehead atoms. The molecule has 0 saturated heterocycles. The van der Waals surface area contributed by atoms with Crippen LogP contribution in [0, 0.1) is 0 Å². The molecule has 1 aliphatic rings. The van der Waals surface area contributed by atoms with Crippen molar-refractivity contribution in [3.63, 3.8) is 0 Å². The first-order valence-electron chi connectivity index (χ1n) is 10.6. The first-order chi connectivity index (χ1) is 16.1. The van der Waals surface area contributed by atoms with Gasteiger partial charge in [-0.3, -0.25) is 4.79 Å². The quantitative estimate of drug-likeness (QED) is 0.415. The van der Waals surface area contributed by atoms with E-state index < -0.39 is 36.1 Å². The summed E-state index contributed by atoms with van der Waals surface area (Å²) in [5.41, 5.74) is 7.21. The minimum absolute atomic E-state index is 0.107. The monoisotopic (exact) mass is 474 g/mol. The number of aromatic nitrogens is 6. The summed E-state index contributed by atoms with van der Waals surface area (Å²) < 4.78 is 40.6. The maximum absolute atomic E-state index is 13.2. The van der Waals surface area contributed by atoms with Crippen molar-refractivity contribution in [2.75, 3.05) is 12.8 Å². The summed E-state index contributed by atoms with van der Waals surface area (Å²) in [6.07, 6.45) is -0.716. The van der Waals surface area contributed by atoms with E-state index in [9.17, 15) is 23.1 Å². The molecule has 3 heterocycles. The number of nitrogens with one attached hydrogen (secondary N) is 1. The number of fused-ring (bicyclic) bond motifs is 2. The zero-order valence-corrected chi connectivity index (χ0v) is 18.0. The third-order valence-electron chi connectivity index (χ3n) is 6.35. The number of nitrogens with two attached hydrogens (primary N) is 1. The Morgan fingerprint density at radius 1 is 1.26 bits per heavy atom. The van der Waals surface area contributed by atoms with E-state index in [1.807, 2.05) is 0 Å². The molecule has 3 atom stereocenters. The number of amides is 1. The molecule has 3 aromatic heterocycles. The van der Waals surface area contributed by atoms with Crippen LogP contribution in [0.5, 0.6) is 0 Å². The highest BCUT2D eigenvalue weighted by atomic mass is 19.4. The summed E-state index contributed by atoms with van der Waals surface area (Å²) in [6, 6.07) is 3.22. The topological polar surface area (TPSA) is 139 Å². The van der Waals surface area contributed by atoms with Crippen LogP contribution in [0.2, 0.25) is 0 Å². The number of aliphatic hydroxyl groups is 1. The van der Waals surface area contributed by atoms with Gasteiger partial charge in [0.15, 0.2) is 11.5 Å². The Morgan fingerprint density at radius 3 is 2.82 bits per heavy atom. The highest BCUT2D eigenvalue weighted by molar-refractivity contribution is 5.97. The summed E-state index contributed by atoms with van der Waals surface area (Å²) in [7, 11) is 1.57. The van der Waals surface area contributed by atoms with Crippen LogP contribution in [0.3, 0.4) is 0 Å². The molecule has 1 fully saturated rings. The molecular weight excluding hydrogens is 453 g/mol. The summed E-state index contributed by atoms with van der Waals surface area (Å²) in [4.78, 5) is 32.8. The van der Waals surface area contributed by atoms with Crippen molar-refractivity contribution in [1.29, 1.82) is 0 Å². The van der Waals surface area contributed by atoms with Gasteiger partial charge in [-0.1, -0.05) is 0 Å². The summed E-state index contributed by atoms with van der Waals surface area (Å²) in [5.74, 6) is -1.31. The fourth-order valence-electron chi connectivity index (χ4n) is 4.60. The molecule has 1 aliphatic carbocycles. The number of imidazole rings is 2. The number of halogens is 3. The van der Waals surface area contributed by atoms with Crippen LogP contribution < -0.4 is 5.73 Å². The largest absolute Gasteiger partial charge is 0.449 e. The van der Waals surface area contributed by atoms with Crippen molar-refractivity contribution in [2.24, 2.45) is 0 Å². The highest BCUT2D eigenvalue weighted by Gasteiger charge is 2.38. The number of nitrogen functional groups attached to an aromatic ring is 1. The van der Waals surface area contributed by atoms with Crippen molar-refractivity contribution in [3.8, 4) is 0 Å². The lowest BCUT2D eigenvalue weighted by molar-refractivity contribution is -0.144. The summed E-state index contributed by atoms with van der Waals surface area (Å²) >= 11 is 0. The Balaban J connectivity index is 1.40. The van der Waals surface area contributed by atoms with Gasteiger partial charge in [0.1, 0.15) is 11.8 Å². The molecule has 1 amide bonds. The van der Waals surface area contributed by atoms with Gasteiger partial charge in [0, 0.05) is 12.6 Å². The van der Waals surface area contributed by atoms with E-state index in [4.69, 9.17) is 5.73 Å². The molecule has 0 spiro atoms. The second-order valence-corrected chi connectivity index (χ2v) is 8.37. The molecule has 5 rings (SSSR count). The SMILES string of the molecule is CN(C(=O)c1ccc2nc(C(F)(F)F)[nH]c2c1)[C@H]1CCC[C@H](n2cnc3c(N)ncnc32)[C@H]1O. The van der Waals surface area contributed by atoms with E-state index in [-0.39, 0.29) is 22.4 Å². The Morgan fingerprint density at radius 2 is 2.06 bits per heavy atom. The average molecular weight is 474 g/mol. The van der Waals surface area contributed by atoms with Crippen LogP contribution in [0.15, 0.2) is 30.9 Å². The Kier molecular flexibility index (Phi) is 5.15. The summed E-state index contributed by atoms with van der Waals surface area (Å²) in [6.45, 7) is 0. The van der Waals surface area contributed by atoms with Gasteiger partial charge in [0.2, 0.25) is 5.82 Å². The molecule has 0 radical (unpaired) electrons. The average Bonchev–Trinajstić information content (AvgIpc) is 3.43.